The molecule has 0 atom stereocenters. The first-order chi connectivity index (χ1) is 10.5. The first-order valence-electron chi connectivity index (χ1n) is 7.48. The Morgan fingerprint density at radius 3 is 1.86 bits per heavy atom. The molecule has 0 bridgehead atoms. The van der Waals surface area contributed by atoms with Gasteiger partial charge in [0.15, 0.2) is 0 Å². The average Bonchev–Trinajstić information content (AvgIpc) is 2.56. The van der Waals surface area contributed by atoms with Crippen molar-refractivity contribution in [2.24, 2.45) is 0 Å². The summed E-state index contributed by atoms with van der Waals surface area (Å²) in [6.07, 6.45) is 0. The van der Waals surface area contributed by atoms with Gasteiger partial charge in [-0.1, -0.05) is 84.2 Å². The average molecular weight is 310 g/mol. The number of carbonyl (C=O) groups excluding carboxylic acids is 1. The van der Waals surface area contributed by atoms with Gasteiger partial charge in [-0.25, -0.2) is 4.79 Å². The Balaban J connectivity index is 2.23. The first-order valence-corrected chi connectivity index (χ1v) is 10.2. The molecule has 2 rings (SSSR count). The molecule has 0 heterocycles. The minimum Gasteiger partial charge on any atom is -0.463 e. The van der Waals surface area contributed by atoms with Crippen LogP contribution in [0.15, 0.2) is 72.8 Å². The molecule has 0 spiro atoms. The molecular formula is C19H22O2Si. The monoisotopic (exact) mass is 310 g/mol. The molecule has 0 aliphatic heterocycles. The van der Waals surface area contributed by atoms with E-state index in [2.05, 4.69) is 61.7 Å². The summed E-state index contributed by atoms with van der Waals surface area (Å²) < 4.78 is 5.34. The van der Waals surface area contributed by atoms with Crippen LogP contribution in [0.5, 0.6) is 0 Å². The topological polar surface area (TPSA) is 26.3 Å². The van der Waals surface area contributed by atoms with E-state index in [1.807, 2.05) is 12.1 Å². The number of hydrogen-bond acceptors (Lipinski definition) is 2. The molecule has 0 aliphatic carbocycles. The molecule has 2 aromatic carbocycles. The van der Waals surface area contributed by atoms with Crippen molar-refractivity contribution in [1.82, 2.24) is 0 Å². The maximum atomic E-state index is 11.6. The second kappa shape index (κ2) is 7.23. The lowest BCUT2D eigenvalue weighted by molar-refractivity contribution is -0.138. The Kier molecular flexibility index (Phi) is 5.34. The molecule has 2 nitrogen and oxygen atoms in total. The highest BCUT2D eigenvalue weighted by Crippen LogP contribution is 2.12. The Bertz CT molecular complexity index is 595. The molecule has 0 radical (unpaired) electrons. The van der Waals surface area contributed by atoms with Crippen molar-refractivity contribution in [2.75, 3.05) is 6.61 Å². The van der Waals surface area contributed by atoms with Gasteiger partial charge in [-0.15, -0.1) is 0 Å². The molecule has 0 aliphatic rings. The summed E-state index contributed by atoms with van der Waals surface area (Å²) >= 11 is 0. The molecule has 0 amide bonds. The Morgan fingerprint density at radius 2 is 1.45 bits per heavy atom. The van der Waals surface area contributed by atoms with Crippen LogP contribution in [0.25, 0.3) is 0 Å². The molecule has 114 valence electrons. The van der Waals surface area contributed by atoms with E-state index in [9.17, 15) is 4.79 Å². The summed E-state index contributed by atoms with van der Waals surface area (Å²) in [7, 11) is -1.91. The lowest BCUT2D eigenvalue weighted by atomic mass is 10.4. The van der Waals surface area contributed by atoms with Crippen molar-refractivity contribution in [1.29, 1.82) is 0 Å². The number of benzene rings is 2. The number of hydrogen-bond donors (Lipinski definition) is 0. The molecule has 0 aromatic heterocycles. The Morgan fingerprint density at radius 1 is 1.00 bits per heavy atom. The lowest BCUT2D eigenvalue weighted by Crippen LogP contribution is -2.56. The van der Waals surface area contributed by atoms with E-state index in [0.29, 0.717) is 12.2 Å². The van der Waals surface area contributed by atoms with E-state index in [1.165, 1.54) is 10.4 Å². The number of carbonyl (C=O) groups is 1. The predicted octanol–water partition coefficient (Wildman–Crippen LogP) is 3.00. The zero-order valence-electron chi connectivity index (χ0n) is 13.2. The number of rotatable bonds is 6. The molecule has 0 N–H and O–H groups in total. The summed E-state index contributed by atoms with van der Waals surface area (Å²) in [6.45, 7) is 8.05. The van der Waals surface area contributed by atoms with Gasteiger partial charge in [-0.2, -0.15) is 0 Å². The molecule has 3 heteroatoms. The van der Waals surface area contributed by atoms with Gasteiger partial charge in [0.05, 0.1) is 6.61 Å². The highest BCUT2D eigenvalue weighted by atomic mass is 28.3. The predicted molar refractivity (Wildman–Crippen MR) is 94.4 cm³/mol. The second-order valence-corrected chi connectivity index (χ2v) is 10.0. The van der Waals surface area contributed by atoms with Crippen molar-refractivity contribution in [3.05, 3.63) is 72.8 Å². The third kappa shape index (κ3) is 3.74. The van der Waals surface area contributed by atoms with Crippen LogP contribution >= 0.6 is 0 Å². The van der Waals surface area contributed by atoms with Crippen LogP contribution in [0.3, 0.4) is 0 Å². The van der Waals surface area contributed by atoms with Crippen LogP contribution in [0.2, 0.25) is 12.6 Å². The summed E-state index contributed by atoms with van der Waals surface area (Å²) in [6, 6.07) is 21.9. The lowest BCUT2D eigenvalue weighted by Gasteiger charge is -2.28. The van der Waals surface area contributed by atoms with E-state index in [4.69, 9.17) is 4.74 Å². The highest BCUT2D eigenvalue weighted by Gasteiger charge is 2.31. The van der Waals surface area contributed by atoms with Gasteiger partial charge in [0, 0.05) is 5.57 Å². The van der Waals surface area contributed by atoms with Crippen LogP contribution in [-0.4, -0.2) is 20.7 Å². The minimum absolute atomic E-state index is 0.308. The third-order valence-corrected chi connectivity index (χ3v) is 8.42. The van der Waals surface area contributed by atoms with E-state index >= 15 is 0 Å². The van der Waals surface area contributed by atoms with Crippen molar-refractivity contribution in [3.8, 4) is 0 Å². The molecule has 0 saturated carbocycles. The van der Waals surface area contributed by atoms with E-state index in [0.717, 1.165) is 6.04 Å². The van der Waals surface area contributed by atoms with Crippen LogP contribution in [0.4, 0.5) is 0 Å². The first kappa shape index (κ1) is 16.2. The minimum atomic E-state index is -1.91. The fourth-order valence-corrected chi connectivity index (χ4v) is 5.82. The normalized spacial score (nSPS) is 11.0. The van der Waals surface area contributed by atoms with Crippen LogP contribution in [0, 0.1) is 0 Å². The molecule has 22 heavy (non-hydrogen) atoms. The second-order valence-electron chi connectivity index (χ2n) is 5.73. The highest BCUT2D eigenvalue weighted by molar-refractivity contribution is 7.01. The zero-order chi connectivity index (χ0) is 16.0. The SMILES string of the molecule is C=C(C)C(=O)OCC[Si](C)(c1ccccc1)c1ccccc1. The van der Waals surface area contributed by atoms with Gasteiger partial charge >= 0.3 is 5.97 Å². The van der Waals surface area contributed by atoms with Gasteiger partial charge in [0.1, 0.15) is 8.07 Å². The van der Waals surface area contributed by atoms with Crippen molar-refractivity contribution in [3.63, 3.8) is 0 Å². The molecule has 0 saturated heterocycles. The van der Waals surface area contributed by atoms with Crippen LogP contribution in [0.1, 0.15) is 6.92 Å². The van der Waals surface area contributed by atoms with Crippen LogP contribution < -0.4 is 10.4 Å². The fourth-order valence-electron chi connectivity index (χ4n) is 2.54. The molecule has 0 unspecified atom stereocenters. The maximum Gasteiger partial charge on any atom is 0.333 e. The van der Waals surface area contributed by atoms with Crippen molar-refractivity contribution in [2.45, 2.75) is 19.5 Å². The van der Waals surface area contributed by atoms with E-state index < -0.39 is 8.07 Å². The summed E-state index contributed by atoms with van der Waals surface area (Å²) in [5.74, 6) is -0.308. The molecular weight excluding hydrogens is 288 g/mol. The Hall–Kier alpha value is -2.13. The molecule has 2 aromatic rings. The molecule has 0 fully saturated rings. The van der Waals surface area contributed by atoms with Crippen molar-refractivity contribution < 1.29 is 9.53 Å². The largest absolute Gasteiger partial charge is 0.463 e. The van der Waals surface area contributed by atoms with Gasteiger partial charge < -0.3 is 4.74 Å². The van der Waals surface area contributed by atoms with Gasteiger partial charge in [-0.3, -0.25) is 0 Å². The van der Waals surface area contributed by atoms with Gasteiger partial charge in [-0.05, 0) is 13.0 Å². The zero-order valence-corrected chi connectivity index (χ0v) is 14.2. The third-order valence-electron chi connectivity index (χ3n) is 4.01. The smallest absolute Gasteiger partial charge is 0.333 e. The summed E-state index contributed by atoms with van der Waals surface area (Å²) in [5.41, 5.74) is 0.447. The quantitative estimate of drug-likeness (QED) is 0.466. The van der Waals surface area contributed by atoms with Crippen molar-refractivity contribution >= 4 is 24.4 Å². The number of esters is 1. The van der Waals surface area contributed by atoms with E-state index in [-0.39, 0.29) is 5.97 Å². The van der Waals surface area contributed by atoms with Crippen LogP contribution in [-0.2, 0) is 9.53 Å². The van der Waals surface area contributed by atoms with Gasteiger partial charge in [0.2, 0.25) is 0 Å². The summed E-state index contributed by atoms with van der Waals surface area (Å²) in [5, 5.41) is 2.71. The number of ether oxygens (including phenoxy) is 1. The Labute approximate surface area is 133 Å². The maximum absolute atomic E-state index is 11.6. The van der Waals surface area contributed by atoms with Gasteiger partial charge in [0.25, 0.3) is 0 Å². The fraction of sp³-hybridized carbons (Fsp3) is 0.211. The standard InChI is InChI=1S/C19H22O2Si/c1-16(2)19(20)21-14-15-22(3,17-10-6-4-7-11-17)18-12-8-5-9-13-18/h4-13H,1,14-15H2,2-3H3. The summed E-state index contributed by atoms with van der Waals surface area (Å²) in [4.78, 5) is 11.6. The van der Waals surface area contributed by atoms with E-state index in [1.54, 1.807) is 6.92 Å².